The lowest BCUT2D eigenvalue weighted by molar-refractivity contribution is 0.788. The van der Waals surface area contributed by atoms with Gasteiger partial charge in [0.15, 0.2) is 0 Å². The van der Waals surface area contributed by atoms with E-state index in [4.69, 9.17) is 23.2 Å². The van der Waals surface area contributed by atoms with Crippen molar-refractivity contribution in [2.24, 2.45) is 0 Å². The number of rotatable bonds is 1. The molecule has 10 heavy (non-hydrogen) atoms. The Morgan fingerprint density at radius 3 is 1.40 bits per heavy atom. The Hall–Kier alpha value is 0.580. The van der Waals surface area contributed by atoms with Crippen LogP contribution in [0.25, 0.3) is 0 Å². The Balaban J connectivity index is 0. The zero-order valence-electron chi connectivity index (χ0n) is 7.54. The predicted molar refractivity (Wildman–Crippen MR) is 51.2 cm³/mol. The first-order chi connectivity index (χ1) is 4.27. The first kappa shape index (κ1) is 13.2. The van der Waals surface area contributed by atoms with Crippen molar-refractivity contribution in [3.05, 3.63) is 0 Å². The van der Waals surface area contributed by atoms with Gasteiger partial charge in [0, 0.05) is 10.3 Å². The maximum Gasteiger partial charge on any atom is 0.0362 e. The van der Waals surface area contributed by atoms with E-state index in [0.29, 0.717) is 5.38 Å². The standard InChI is InChI=1S/2C4H9Cl/c1-4(2,3)5;1-3-4(2)5/h1-3H3;4H,3H2,1-2H3. The summed E-state index contributed by atoms with van der Waals surface area (Å²) in [6.45, 7) is 9.91. The van der Waals surface area contributed by atoms with Gasteiger partial charge in [0.25, 0.3) is 0 Å². The first-order valence-electron chi connectivity index (χ1n) is 3.60. The second-order valence-corrected chi connectivity index (χ2v) is 5.13. The largest absolute Gasteiger partial charge is 0.123 e. The Kier molecular flexibility index (Phi) is 8.31. The lowest BCUT2D eigenvalue weighted by Gasteiger charge is -2.01. The van der Waals surface area contributed by atoms with Crippen molar-refractivity contribution in [1.82, 2.24) is 0 Å². The summed E-state index contributed by atoms with van der Waals surface area (Å²) in [4.78, 5) is -0.0278. The third-order valence-corrected chi connectivity index (χ3v) is 0.871. The third kappa shape index (κ3) is 74.1. The highest BCUT2D eigenvalue weighted by molar-refractivity contribution is 6.23. The Bertz CT molecular complexity index is 56.1. The van der Waals surface area contributed by atoms with Crippen LogP contribution in [0.3, 0.4) is 0 Å². The summed E-state index contributed by atoms with van der Waals surface area (Å²) in [5, 5.41) is 0.356. The topological polar surface area (TPSA) is 0 Å². The molecule has 0 aliphatic rings. The van der Waals surface area contributed by atoms with Gasteiger partial charge in [0.05, 0.1) is 0 Å². The number of hydrogen-bond acceptors (Lipinski definition) is 0. The maximum absolute atomic E-state index is 5.53. The molecule has 0 N–H and O–H groups in total. The van der Waals surface area contributed by atoms with Gasteiger partial charge in [0.1, 0.15) is 0 Å². The maximum atomic E-state index is 5.53. The molecule has 0 nitrogen and oxygen atoms in total. The molecule has 1 atom stereocenters. The van der Waals surface area contributed by atoms with Crippen LogP contribution in [0, 0.1) is 0 Å². The fourth-order valence-corrected chi connectivity index (χ4v) is 0. The average Bonchev–Trinajstić information content (AvgIpc) is 1.61. The summed E-state index contributed by atoms with van der Waals surface area (Å²) in [6, 6.07) is 0. The molecule has 2 heteroatoms. The molecule has 0 aliphatic heterocycles. The molecule has 64 valence electrons. The van der Waals surface area contributed by atoms with Gasteiger partial charge in [-0.2, -0.15) is 0 Å². The second kappa shape index (κ2) is 6.30. The molecule has 0 rings (SSSR count). The molecule has 0 spiro atoms. The molecule has 0 aromatic rings. The molecule has 0 aliphatic carbocycles. The molecule has 0 radical (unpaired) electrons. The highest BCUT2D eigenvalue weighted by Crippen LogP contribution is 2.07. The van der Waals surface area contributed by atoms with E-state index in [1.807, 2.05) is 27.7 Å². The molecule has 0 saturated heterocycles. The van der Waals surface area contributed by atoms with Crippen LogP contribution in [0.5, 0.6) is 0 Å². The van der Waals surface area contributed by atoms with Gasteiger partial charge in [-0.1, -0.05) is 6.92 Å². The third-order valence-electron chi connectivity index (χ3n) is 0.563. The highest BCUT2D eigenvalue weighted by Gasteiger charge is 1.99. The van der Waals surface area contributed by atoms with Crippen LogP contribution in [0.1, 0.15) is 41.0 Å². The van der Waals surface area contributed by atoms with Crippen LogP contribution < -0.4 is 0 Å². The van der Waals surface area contributed by atoms with Gasteiger partial charge in [-0.15, -0.1) is 23.2 Å². The molecule has 0 amide bonds. The number of hydrogen-bond donors (Lipinski definition) is 0. The molecular formula is C8H18Cl2. The molecule has 1 unspecified atom stereocenters. The van der Waals surface area contributed by atoms with E-state index in [1.54, 1.807) is 0 Å². The van der Waals surface area contributed by atoms with E-state index in [9.17, 15) is 0 Å². The van der Waals surface area contributed by atoms with Crippen LogP contribution >= 0.6 is 23.2 Å². The average molecular weight is 185 g/mol. The van der Waals surface area contributed by atoms with Crippen LogP contribution in [0.2, 0.25) is 0 Å². The van der Waals surface area contributed by atoms with Gasteiger partial charge in [-0.3, -0.25) is 0 Å². The van der Waals surface area contributed by atoms with Crippen LogP contribution in [0.15, 0.2) is 0 Å². The monoisotopic (exact) mass is 184 g/mol. The van der Waals surface area contributed by atoms with E-state index in [2.05, 4.69) is 6.92 Å². The zero-order valence-corrected chi connectivity index (χ0v) is 9.05. The predicted octanol–water partition coefficient (Wildman–Crippen LogP) is 4.05. The normalized spacial score (nSPS) is 13.5. The van der Waals surface area contributed by atoms with E-state index >= 15 is 0 Å². The number of alkyl halides is 2. The molecule has 0 bridgehead atoms. The van der Waals surface area contributed by atoms with Gasteiger partial charge in [-0.05, 0) is 34.1 Å². The zero-order chi connectivity index (χ0) is 8.78. The molecule has 0 heterocycles. The quantitative estimate of drug-likeness (QED) is 0.540. The minimum Gasteiger partial charge on any atom is -0.123 e. The van der Waals surface area contributed by atoms with Crippen molar-refractivity contribution in [1.29, 1.82) is 0 Å². The summed E-state index contributed by atoms with van der Waals surface area (Å²) in [5.41, 5.74) is 0. The van der Waals surface area contributed by atoms with Crippen LogP contribution in [-0.4, -0.2) is 10.3 Å². The van der Waals surface area contributed by atoms with Crippen molar-refractivity contribution in [3.8, 4) is 0 Å². The SMILES string of the molecule is CC(C)(C)Cl.CCC(C)Cl. The summed E-state index contributed by atoms with van der Waals surface area (Å²) in [5.74, 6) is 0. The molecule has 0 fully saturated rings. The van der Waals surface area contributed by atoms with Crippen molar-refractivity contribution < 1.29 is 0 Å². The van der Waals surface area contributed by atoms with Crippen molar-refractivity contribution >= 4 is 23.2 Å². The molecule has 0 aromatic heterocycles. The smallest absolute Gasteiger partial charge is 0.0362 e. The summed E-state index contributed by atoms with van der Waals surface area (Å²) in [7, 11) is 0. The van der Waals surface area contributed by atoms with E-state index < -0.39 is 0 Å². The summed E-state index contributed by atoms with van der Waals surface area (Å²) < 4.78 is 0. The first-order valence-corrected chi connectivity index (χ1v) is 4.41. The van der Waals surface area contributed by atoms with E-state index in [0.717, 1.165) is 6.42 Å². The Morgan fingerprint density at radius 2 is 1.40 bits per heavy atom. The molecule has 0 saturated carbocycles. The highest BCUT2D eigenvalue weighted by atomic mass is 35.5. The lowest BCUT2D eigenvalue weighted by Crippen LogP contribution is -1.99. The van der Waals surface area contributed by atoms with Gasteiger partial charge in [-0.25, -0.2) is 0 Å². The van der Waals surface area contributed by atoms with Gasteiger partial charge >= 0.3 is 0 Å². The molecule has 0 aromatic carbocycles. The van der Waals surface area contributed by atoms with Crippen molar-refractivity contribution in [2.75, 3.05) is 0 Å². The Labute approximate surface area is 74.9 Å². The van der Waals surface area contributed by atoms with Gasteiger partial charge in [0.2, 0.25) is 0 Å². The van der Waals surface area contributed by atoms with Gasteiger partial charge < -0.3 is 0 Å². The van der Waals surface area contributed by atoms with Crippen molar-refractivity contribution in [2.45, 2.75) is 51.3 Å². The summed E-state index contributed by atoms with van der Waals surface area (Å²) in [6.07, 6.45) is 1.07. The minimum atomic E-state index is -0.0278. The minimum absolute atomic E-state index is 0.0278. The fraction of sp³-hybridized carbons (Fsp3) is 1.00. The van der Waals surface area contributed by atoms with Crippen molar-refractivity contribution in [3.63, 3.8) is 0 Å². The molecular weight excluding hydrogens is 167 g/mol. The van der Waals surface area contributed by atoms with Crippen LogP contribution in [0.4, 0.5) is 0 Å². The lowest BCUT2D eigenvalue weighted by atomic mass is 10.3. The van der Waals surface area contributed by atoms with E-state index in [-0.39, 0.29) is 4.87 Å². The summed E-state index contributed by atoms with van der Waals surface area (Å²) >= 11 is 11.0. The fourth-order valence-electron chi connectivity index (χ4n) is 0. The second-order valence-electron chi connectivity index (χ2n) is 3.26. The number of halogens is 2. The van der Waals surface area contributed by atoms with Crippen LogP contribution in [-0.2, 0) is 0 Å². The van der Waals surface area contributed by atoms with E-state index in [1.165, 1.54) is 0 Å². The Morgan fingerprint density at radius 1 is 1.30 bits per heavy atom.